The zero-order valence-electron chi connectivity index (χ0n) is 8.54. The zero-order chi connectivity index (χ0) is 11.4. The second kappa shape index (κ2) is 5.23. The third-order valence-electron chi connectivity index (χ3n) is 1.83. The van der Waals surface area contributed by atoms with Gasteiger partial charge in [-0.05, 0) is 42.3 Å². The SMILES string of the molecule is CSC1=N/C(=C/C=C/c2ccco2)C(=O)S1. The van der Waals surface area contributed by atoms with Gasteiger partial charge in [-0.15, -0.1) is 11.8 Å². The quantitative estimate of drug-likeness (QED) is 0.757. The molecule has 0 aromatic carbocycles. The number of carbonyl (C=O) groups is 1. The van der Waals surface area contributed by atoms with Crippen molar-refractivity contribution in [2.75, 3.05) is 6.26 Å². The molecule has 1 aromatic rings. The van der Waals surface area contributed by atoms with Crippen molar-refractivity contribution in [1.82, 2.24) is 0 Å². The van der Waals surface area contributed by atoms with E-state index in [0.29, 0.717) is 5.70 Å². The largest absolute Gasteiger partial charge is 0.465 e. The molecule has 1 aromatic heterocycles. The van der Waals surface area contributed by atoms with Gasteiger partial charge in [-0.1, -0.05) is 6.08 Å². The number of nitrogens with zero attached hydrogens (tertiary/aromatic N) is 1. The highest BCUT2D eigenvalue weighted by atomic mass is 32.2. The molecule has 0 unspecified atom stereocenters. The lowest BCUT2D eigenvalue weighted by molar-refractivity contribution is -0.107. The number of thioether (sulfide) groups is 2. The molecule has 0 saturated carbocycles. The maximum atomic E-state index is 11.4. The van der Waals surface area contributed by atoms with Gasteiger partial charge in [0.1, 0.15) is 15.8 Å². The number of hydrogen-bond acceptors (Lipinski definition) is 5. The molecular weight excluding hydrogens is 242 g/mol. The van der Waals surface area contributed by atoms with Crippen molar-refractivity contribution in [2.24, 2.45) is 4.99 Å². The van der Waals surface area contributed by atoms with Crippen LogP contribution >= 0.6 is 23.5 Å². The van der Waals surface area contributed by atoms with E-state index >= 15 is 0 Å². The molecule has 0 aliphatic carbocycles. The summed E-state index contributed by atoms with van der Waals surface area (Å²) in [5.74, 6) is 0.754. The Morgan fingerprint density at radius 2 is 2.44 bits per heavy atom. The lowest BCUT2D eigenvalue weighted by atomic mass is 10.3. The van der Waals surface area contributed by atoms with Gasteiger partial charge in [-0.25, -0.2) is 4.99 Å². The molecule has 2 rings (SSSR count). The van der Waals surface area contributed by atoms with Gasteiger partial charge in [-0.3, -0.25) is 4.79 Å². The summed E-state index contributed by atoms with van der Waals surface area (Å²) in [4.78, 5) is 15.6. The number of carbonyl (C=O) groups excluding carboxylic acids is 1. The predicted molar refractivity (Wildman–Crippen MR) is 69.4 cm³/mol. The Labute approximate surface area is 102 Å². The third kappa shape index (κ3) is 2.68. The van der Waals surface area contributed by atoms with Crippen molar-refractivity contribution in [3.05, 3.63) is 42.0 Å². The van der Waals surface area contributed by atoms with Crippen molar-refractivity contribution in [3.8, 4) is 0 Å². The van der Waals surface area contributed by atoms with E-state index in [1.165, 1.54) is 23.5 Å². The average molecular weight is 251 g/mol. The molecule has 0 N–H and O–H groups in total. The number of hydrogen-bond donors (Lipinski definition) is 0. The summed E-state index contributed by atoms with van der Waals surface area (Å²) in [7, 11) is 0. The molecule has 1 aliphatic heterocycles. The van der Waals surface area contributed by atoms with Crippen LogP contribution < -0.4 is 0 Å². The molecule has 0 bridgehead atoms. The normalized spacial score (nSPS) is 18.7. The van der Waals surface area contributed by atoms with E-state index in [9.17, 15) is 4.79 Å². The Morgan fingerprint density at radius 1 is 1.56 bits per heavy atom. The van der Waals surface area contributed by atoms with Crippen LogP contribution in [-0.4, -0.2) is 15.7 Å². The second-order valence-corrected chi connectivity index (χ2v) is 4.91. The monoisotopic (exact) mass is 251 g/mol. The van der Waals surface area contributed by atoms with E-state index < -0.39 is 0 Å². The summed E-state index contributed by atoms with van der Waals surface area (Å²) in [5, 5.41) is -0.00607. The lowest BCUT2D eigenvalue weighted by Gasteiger charge is -1.85. The highest BCUT2D eigenvalue weighted by Crippen LogP contribution is 2.28. The summed E-state index contributed by atoms with van der Waals surface area (Å²) in [6, 6.07) is 3.66. The summed E-state index contributed by atoms with van der Waals surface area (Å²) in [6.07, 6.45) is 8.76. The van der Waals surface area contributed by atoms with Crippen LogP contribution in [0.5, 0.6) is 0 Å². The first-order valence-electron chi connectivity index (χ1n) is 4.56. The number of aliphatic imine (C=N–C) groups is 1. The number of allylic oxidation sites excluding steroid dienone is 2. The average Bonchev–Trinajstić information content (AvgIpc) is 2.89. The minimum absolute atomic E-state index is 0.00607. The van der Waals surface area contributed by atoms with Crippen molar-refractivity contribution < 1.29 is 9.21 Å². The fourth-order valence-electron chi connectivity index (χ4n) is 1.11. The van der Waals surface area contributed by atoms with Crippen molar-refractivity contribution in [3.63, 3.8) is 0 Å². The predicted octanol–water partition coefficient (Wildman–Crippen LogP) is 3.17. The summed E-state index contributed by atoms with van der Waals surface area (Å²) >= 11 is 2.65. The summed E-state index contributed by atoms with van der Waals surface area (Å²) < 4.78 is 5.92. The van der Waals surface area contributed by atoms with Crippen LogP contribution in [0.1, 0.15) is 5.76 Å². The molecule has 0 atom stereocenters. The van der Waals surface area contributed by atoms with Gasteiger partial charge < -0.3 is 4.42 Å². The van der Waals surface area contributed by atoms with Crippen LogP contribution in [-0.2, 0) is 4.79 Å². The van der Waals surface area contributed by atoms with E-state index in [0.717, 1.165) is 10.1 Å². The highest BCUT2D eigenvalue weighted by molar-refractivity contribution is 8.45. The molecule has 0 radical (unpaired) electrons. The first-order valence-corrected chi connectivity index (χ1v) is 6.60. The fraction of sp³-hybridized carbons (Fsp3) is 0.0909. The van der Waals surface area contributed by atoms with Gasteiger partial charge in [0, 0.05) is 0 Å². The second-order valence-electron chi connectivity index (χ2n) is 2.90. The summed E-state index contributed by atoms with van der Waals surface area (Å²) in [6.45, 7) is 0. The Morgan fingerprint density at radius 3 is 3.06 bits per heavy atom. The molecule has 1 aliphatic rings. The Balaban J connectivity index is 2.08. The van der Waals surface area contributed by atoms with Crippen molar-refractivity contribution in [1.29, 1.82) is 0 Å². The lowest BCUT2D eigenvalue weighted by Crippen LogP contribution is -1.86. The highest BCUT2D eigenvalue weighted by Gasteiger charge is 2.20. The Kier molecular flexibility index (Phi) is 3.69. The minimum atomic E-state index is -0.00607. The summed E-state index contributed by atoms with van der Waals surface area (Å²) in [5.41, 5.74) is 0.483. The Hall–Kier alpha value is -1.20. The molecule has 2 heterocycles. The first kappa shape index (κ1) is 11.3. The van der Waals surface area contributed by atoms with Crippen LogP contribution in [0.25, 0.3) is 6.08 Å². The smallest absolute Gasteiger partial charge is 0.244 e. The molecule has 82 valence electrons. The molecule has 5 heteroatoms. The molecule has 3 nitrogen and oxygen atoms in total. The molecule has 16 heavy (non-hydrogen) atoms. The van der Waals surface area contributed by atoms with E-state index in [-0.39, 0.29) is 5.12 Å². The molecule has 0 amide bonds. The molecular formula is C11H9NO2S2. The molecule has 0 spiro atoms. The van der Waals surface area contributed by atoms with Gasteiger partial charge in [0.25, 0.3) is 0 Å². The van der Waals surface area contributed by atoms with Gasteiger partial charge in [0.2, 0.25) is 5.12 Å². The maximum absolute atomic E-state index is 11.4. The van der Waals surface area contributed by atoms with Gasteiger partial charge in [-0.2, -0.15) is 0 Å². The zero-order valence-corrected chi connectivity index (χ0v) is 10.2. The standard InChI is InChI=1S/C11H9NO2S2/c1-15-11-12-9(10(13)16-11)6-2-4-8-5-3-7-14-8/h2-7H,1H3/b4-2+,9-6+. The minimum Gasteiger partial charge on any atom is -0.465 e. The van der Waals surface area contributed by atoms with E-state index in [1.54, 1.807) is 24.5 Å². The number of rotatable bonds is 2. The van der Waals surface area contributed by atoms with Crippen molar-refractivity contribution >= 4 is 39.1 Å². The van der Waals surface area contributed by atoms with Crippen LogP contribution in [0.3, 0.4) is 0 Å². The van der Waals surface area contributed by atoms with Crippen LogP contribution in [0.2, 0.25) is 0 Å². The van der Waals surface area contributed by atoms with Gasteiger partial charge >= 0.3 is 0 Å². The van der Waals surface area contributed by atoms with Gasteiger partial charge in [0.05, 0.1) is 6.26 Å². The third-order valence-corrected chi connectivity index (χ3v) is 3.68. The molecule has 0 fully saturated rings. The van der Waals surface area contributed by atoms with Crippen molar-refractivity contribution in [2.45, 2.75) is 0 Å². The van der Waals surface area contributed by atoms with Crippen LogP contribution in [0.15, 0.2) is 45.7 Å². The van der Waals surface area contributed by atoms with E-state index in [2.05, 4.69) is 4.99 Å². The molecule has 0 saturated heterocycles. The topological polar surface area (TPSA) is 42.6 Å². The van der Waals surface area contributed by atoms with E-state index in [4.69, 9.17) is 4.42 Å². The Bertz CT molecular complexity index is 472. The first-order chi connectivity index (χ1) is 7.79. The maximum Gasteiger partial charge on any atom is 0.244 e. The van der Waals surface area contributed by atoms with Crippen LogP contribution in [0, 0.1) is 0 Å². The fourth-order valence-corrected chi connectivity index (χ4v) is 2.38. The van der Waals surface area contributed by atoms with E-state index in [1.807, 2.05) is 18.4 Å². The van der Waals surface area contributed by atoms with Gasteiger partial charge in [0.15, 0.2) is 0 Å². The van der Waals surface area contributed by atoms with Crippen LogP contribution in [0.4, 0.5) is 0 Å². The number of furan rings is 1.